The molecule has 0 radical (unpaired) electrons. The van der Waals surface area contributed by atoms with Crippen LogP contribution in [0.3, 0.4) is 0 Å². The van der Waals surface area contributed by atoms with Gasteiger partial charge in [-0.3, -0.25) is 4.79 Å². The first-order valence-electron chi connectivity index (χ1n) is 10.0. The number of nitrogens with zero attached hydrogens (tertiary/aromatic N) is 4. The molecule has 0 spiro atoms. The SMILES string of the molecule is Cc1nsc(Nc2cnc(C(F)(F)F)cn2)c1C(=O)Nc1ccc(OCC2CCNC2)nc1. The predicted octanol–water partition coefficient (Wildman–Crippen LogP) is 3.64. The normalized spacial score (nSPS) is 15.9. The van der Waals surface area contributed by atoms with Crippen molar-refractivity contribution in [3.63, 3.8) is 0 Å². The lowest BCUT2D eigenvalue weighted by Crippen LogP contribution is -2.16. The number of nitrogens with one attached hydrogen (secondary N) is 3. The number of carbonyl (C=O) groups is 1. The van der Waals surface area contributed by atoms with E-state index in [4.69, 9.17) is 4.74 Å². The minimum absolute atomic E-state index is 0.0568. The second-order valence-electron chi connectivity index (χ2n) is 7.39. The van der Waals surface area contributed by atoms with E-state index in [1.54, 1.807) is 19.1 Å². The zero-order valence-corrected chi connectivity index (χ0v) is 18.3. The van der Waals surface area contributed by atoms with Crippen LogP contribution in [0.5, 0.6) is 5.88 Å². The molecule has 33 heavy (non-hydrogen) atoms. The number of hydrogen-bond acceptors (Lipinski definition) is 9. The van der Waals surface area contributed by atoms with Crippen molar-refractivity contribution in [2.45, 2.75) is 19.5 Å². The molecule has 1 fully saturated rings. The Morgan fingerprint density at radius 1 is 1.24 bits per heavy atom. The maximum absolute atomic E-state index is 12.8. The molecule has 1 amide bonds. The van der Waals surface area contributed by atoms with Crippen LogP contribution in [0.15, 0.2) is 30.7 Å². The Morgan fingerprint density at radius 2 is 2.09 bits per heavy atom. The molecule has 0 aromatic carbocycles. The largest absolute Gasteiger partial charge is 0.477 e. The number of halogens is 3. The van der Waals surface area contributed by atoms with Crippen molar-refractivity contribution in [3.05, 3.63) is 47.7 Å². The lowest BCUT2D eigenvalue weighted by atomic mass is 10.1. The quantitative estimate of drug-likeness (QED) is 0.471. The molecule has 1 saturated heterocycles. The summed E-state index contributed by atoms with van der Waals surface area (Å²) in [7, 11) is 0. The van der Waals surface area contributed by atoms with Crippen molar-refractivity contribution in [1.29, 1.82) is 0 Å². The Labute approximate surface area is 191 Å². The first kappa shape index (κ1) is 22.9. The van der Waals surface area contributed by atoms with E-state index in [-0.39, 0.29) is 11.4 Å². The summed E-state index contributed by atoms with van der Waals surface area (Å²) in [4.78, 5) is 24.1. The number of anilines is 3. The smallest absolute Gasteiger partial charge is 0.434 e. The molecular weight excluding hydrogens is 459 g/mol. The molecule has 174 valence electrons. The number of hydrogen-bond donors (Lipinski definition) is 3. The fourth-order valence-electron chi connectivity index (χ4n) is 3.17. The Bertz CT molecular complexity index is 1100. The van der Waals surface area contributed by atoms with Crippen LogP contribution < -0.4 is 20.7 Å². The molecule has 1 atom stereocenters. The fourth-order valence-corrected chi connectivity index (χ4v) is 3.97. The first-order chi connectivity index (χ1) is 15.8. The fraction of sp³-hybridized carbons (Fsp3) is 0.350. The van der Waals surface area contributed by atoms with Gasteiger partial charge in [0.1, 0.15) is 10.8 Å². The van der Waals surface area contributed by atoms with Crippen molar-refractivity contribution < 1.29 is 22.7 Å². The van der Waals surface area contributed by atoms with Crippen LogP contribution in [0.1, 0.15) is 28.2 Å². The second kappa shape index (κ2) is 9.67. The molecule has 0 saturated carbocycles. The molecule has 1 unspecified atom stereocenters. The zero-order chi connectivity index (χ0) is 23.4. The van der Waals surface area contributed by atoms with Crippen molar-refractivity contribution >= 4 is 33.9 Å². The van der Waals surface area contributed by atoms with E-state index in [1.165, 1.54) is 6.20 Å². The lowest BCUT2D eigenvalue weighted by molar-refractivity contribution is -0.141. The zero-order valence-electron chi connectivity index (χ0n) is 17.4. The van der Waals surface area contributed by atoms with E-state index in [0.717, 1.165) is 37.2 Å². The minimum Gasteiger partial charge on any atom is -0.477 e. The average molecular weight is 479 g/mol. The highest BCUT2D eigenvalue weighted by atomic mass is 32.1. The maximum atomic E-state index is 12.8. The summed E-state index contributed by atoms with van der Waals surface area (Å²) < 4.78 is 47.8. The van der Waals surface area contributed by atoms with Gasteiger partial charge >= 0.3 is 6.18 Å². The summed E-state index contributed by atoms with van der Waals surface area (Å²) in [5, 5.41) is 9.15. The topological polar surface area (TPSA) is 114 Å². The number of ether oxygens (including phenoxy) is 1. The van der Waals surface area contributed by atoms with Gasteiger partial charge in [-0.1, -0.05) is 0 Å². The number of amides is 1. The minimum atomic E-state index is -4.58. The van der Waals surface area contributed by atoms with Crippen LogP contribution in [0.4, 0.5) is 29.7 Å². The highest BCUT2D eigenvalue weighted by molar-refractivity contribution is 7.10. The second-order valence-corrected chi connectivity index (χ2v) is 8.16. The molecule has 1 aliphatic rings. The number of aromatic nitrogens is 4. The van der Waals surface area contributed by atoms with Crippen LogP contribution in [0, 0.1) is 12.8 Å². The van der Waals surface area contributed by atoms with Crippen LogP contribution in [0.25, 0.3) is 0 Å². The molecule has 4 rings (SSSR count). The van der Waals surface area contributed by atoms with Gasteiger partial charge in [0.25, 0.3) is 5.91 Å². The van der Waals surface area contributed by atoms with Crippen LogP contribution in [0.2, 0.25) is 0 Å². The summed E-state index contributed by atoms with van der Waals surface area (Å²) in [6, 6.07) is 3.35. The molecule has 0 bridgehead atoms. The van der Waals surface area contributed by atoms with Crippen molar-refractivity contribution in [2.75, 3.05) is 30.3 Å². The van der Waals surface area contributed by atoms with Gasteiger partial charge in [-0.2, -0.15) is 17.5 Å². The molecule has 13 heteroatoms. The predicted molar refractivity (Wildman–Crippen MR) is 116 cm³/mol. The molecule has 0 aliphatic carbocycles. The molecule has 4 heterocycles. The van der Waals surface area contributed by atoms with Crippen LogP contribution >= 0.6 is 11.5 Å². The van der Waals surface area contributed by atoms with Gasteiger partial charge in [-0.15, -0.1) is 0 Å². The van der Waals surface area contributed by atoms with E-state index in [2.05, 4.69) is 35.3 Å². The highest BCUT2D eigenvalue weighted by Crippen LogP contribution is 2.30. The van der Waals surface area contributed by atoms with Crippen molar-refractivity contribution in [2.24, 2.45) is 5.92 Å². The van der Waals surface area contributed by atoms with Crippen molar-refractivity contribution in [1.82, 2.24) is 24.6 Å². The molecule has 3 N–H and O–H groups in total. The third-order valence-corrected chi connectivity index (χ3v) is 5.75. The summed E-state index contributed by atoms with van der Waals surface area (Å²) in [5.74, 6) is 0.537. The van der Waals surface area contributed by atoms with Gasteiger partial charge in [0, 0.05) is 18.5 Å². The Hall–Kier alpha value is -3.32. The van der Waals surface area contributed by atoms with E-state index < -0.39 is 17.8 Å². The van der Waals surface area contributed by atoms with E-state index in [9.17, 15) is 18.0 Å². The number of pyridine rings is 1. The monoisotopic (exact) mass is 479 g/mol. The van der Waals surface area contributed by atoms with Crippen molar-refractivity contribution in [3.8, 4) is 5.88 Å². The van der Waals surface area contributed by atoms with Gasteiger partial charge in [-0.25, -0.2) is 15.0 Å². The van der Waals surface area contributed by atoms with E-state index in [0.29, 0.717) is 41.0 Å². The molecule has 9 nitrogen and oxygen atoms in total. The number of alkyl halides is 3. The summed E-state index contributed by atoms with van der Waals surface area (Å²) in [6.07, 6.45) is -0.460. The van der Waals surface area contributed by atoms with Gasteiger partial charge in [0.2, 0.25) is 5.88 Å². The molecule has 3 aromatic rings. The lowest BCUT2D eigenvalue weighted by Gasteiger charge is -2.11. The summed E-state index contributed by atoms with van der Waals surface area (Å²) >= 11 is 0.988. The number of rotatable bonds is 7. The first-order valence-corrected chi connectivity index (χ1v) is 10.8. The molecular formula is C20H20F3N7O2S. The Morgan fingerprint density at radius 3 is 2.73 bits per heavy atom. The van der Waals surface area contributed by atoms with Gasteiger partial charge in [0.05, 0.1) is 42.1 Å². The molecule has 3 aromatic heterocycles. The number of aryl methyl sites for hydroxylation is 1. The summed E-state index contributed by atoms with van der Waals surface area (Å²) in [5.41, 5.74) is 0.0563. The Kier molecular flexibility index (Phi) is 6.70. The number of carbonyl (C=O) groups excluding carboxylic acids is 1. The molecule has 1 aliphatic heterocycles. The standard InChI is InChI=1S/C20H20F3N7O2S/c1-11-17(19(33-30-11)29-15-9-25-14(8-26-15)20(21,22)23)18(31)28-13-2-3-16(27-7-13)32-10-12-4-5-24-6-12/h2-3,7-9,12,24H,4-6,10H2,1H3,(H,26,29)(H,28,31). The average Bonchev–Trinajstić information content (AvgIpc) is 3.43. The van der Waals surface area contributed by atoms with Crippen LogP contribution in [-0.2, 0) is 6.18 Å². The van der Waals surface area contributed by atoms with Crippen LogP contribution in [-0.4, -0.2) is 44.9 Å². The maximum Gasteiger partial charge on any atom is 0.434 e. The third kappa shape index (κ3) is 5.73. The Balaban J connectivity index is 1.40. The van der Waals surface area contributed by atoms with E-state index in [1.807, 2.05) is 0 Å². The highest BCUT2D eigenvalue weighted by Gasteiger charge is 2.32. The van der Waals surface area contributed by atoms with Gasteiger partial charge in [0.15, 0.2) is 5.69 Å². The third-order valence-electron chi connectivity index (χ3n) is 4.90. The summed E-state index contributed by atoms with van der Waals surface area (Å²) in [6.45, 7) is 4.15. The van der Waals surface area contributed by atoms with Gasteiger partial charge < -0.3 is 20.7 Å². The van der Waals surface area contributed by atoms with Gasteiger partial charge in [-0.05, 0) is 37.5 Å². The van der Waals surface area contributed by atoms with E-state index >= 15 is 0 Å².